The molecule has 2 rings (SSSR count). The number of methoxy groups -OCH3 is 1. The molecule has 0 amide bonds. The number of anilines is 1. The van der Waals surface area contributed by atoms with Gasteiger partial charge in [-0.25, -0.2) is 4.39 Å². The second-order valence-electron chi connectivity index (χ2n) is 4.35. The lowest BCUT2D eigenvalue weighted by atomic mass is 10.1. The van der Waals surface area contributed by atoms with Gasteiger partial charge in [-0.3, -0.25) is 4.98 Å². The molecule has 3 nitrogen and oxygen atoms in total. The van der Waals surface area contributed by atoms with E-state index in [4.69, 9.17) is 4.74 Å². The van der Waals surface area contributed by atoms with Crippen molar-refractivity contribution >= 4 is 21.6 Å². The summed E-state index contributed by atoms with van der Waals surface area (Å²) in [4.78, 5) is 4.13. The molecule has 106 valence electrons. The van der Waals surface area contributed by atoms with Crippen LogP contribution in [0.3, 0.4) is 0 Å². The topological polar surface area (TPSA) is 34.1 Å². The molecule has 0 aliphatic heterocycles. The zero-order valence-corrected chi connectivity index (χ0v) is 12.9. The summed E-state index contributed by atoms with van der Waals surface area (Å²) in [5.74, 6) is 0.428. The predicted molar refractivity (Wildman–Crippen MR) is 81.5 cm³/mol. The number of pyridine rings is 1. The van der Waals surface area contributed by atoms with Gasteiger partial charge in [0.25, 0.3) is 0 Å². The van der Waals surface area contributed by atoms with Crippen LogP contribution in [0.1, 0.15) is 25.1 Å². The van der Waals surface area contributed by atoms with Gasteiger partial charge in [-0.15, -0.1) is 0 Å². The molecule has 0 aliphatic carbocycles. The molecule has 1 aromatic heterocycles. The second-order valence-corrected chi connectivity index (χ2v) is 5.27. The maximum Gasteiger partial charge on any atom is 0.142 e. The third-order valence-corrected chi connectivity index (χ3v) is 3.50. The molecular formula is C15H16BrFN2O. The Hall–Kier alpha value is -1.62. The molecular weight excluding hydrogens is 323 g/mol. The van der Waals surface area contributed by atoms with Crippen molar-refractivity contribution in [2.24, 2.45) is 0 Å². The zero-order valence-electron chi connectivity index (χ0n) is 11.4. The molecule has 0 bridgehead atoms. The standard InChI is InChI=1S/C15H16BrFN2O/c1-3-12(13-6-5-11(17)9-18-13)19-14-8-10(16)4-7-15(14)20-2/h4-9,12,19H,3H2,1-2H3. The molecule has 1 N–H and O–H groups in total. The third kappa shape index (κ3) is 3.48. The van der Waals surface area contributed by atoms with E-state index < -0.39 is 0 Å². The average molecular weight is 339 g/mol. The van der Waals surface area contributed by atoms with Crippen molar-refractivity contribution in [1.82, 2.24) is 4.98 Å². The van der Waals surface area contributed by atoms with Gasteiger partial charge in [0.2, 0.25) is 0 Å². The summed E-state index contributed by atoms with van der Waals surface area (Å²) < 4.78 is 19.2. The normalized spacial score (nSPS) is 12.0. The van der Waals surface area contributed by atoms with Crippen molar-refractivity contribution in [2.45, 2.75) is 19.4 Å². The number of nitrogens with zero attached hydrogens (tertiary/aromatic N) is 1. The van der Waals surface area contributed by atoms with Crippen LogP contribution >= 0.6 is 15.9 Å². The van der Waals surface area contributed by atoms with Gasteiger partial charge < -0.3 is 10.1 Å². The first-order valence-corrected chi connectivity index (χ1v) is 7.15. The van der Waals surface area contributed by atoms with E-state index in [9.17, 15) is 4.39 Å². The molecule has 0 fully saturated rings. The van der Waals surface area contributed by atoms with Gasteiger partial charge in [-0.1, -0.05) is 22.9 Å². The number of hydrogen-bond acceptors (Lipinski definition) is 3. The summed E-state index contributed by atoms with van der Waals surface area (Å²) in [6.45, 7) is 2.05. The summed E-state index contributed by atoms with van der Waals surface area (Å²) in [7, 11) is 1.63. The molecule has 0 radical (unpaired) electrons. The van der Waals surface area contributed by atoms with Crippen LogP contribution < -0.4 is 10.1 Å². The monoisotopic (exact) mass is 338 g/mol. The highest BCUT2D eigenvalue weighted by Crippen LogP contribution is 2.31. The van der Waals surface area contributed by atoms with E-state index in [0.29, 0.717) is 0 Å². The average Bonchev–Trinajstić information content (AvgIpc) is 2.46. The number of halogens is 2. The van der Waals surface area contributed by atoms with Gasteiger partial charge in [0.1, 0.15) is 11.6 Å². The largest absolute Gasteiger partial charge is 0.495 e. The Morgan fingerprint density at radius 1 is 1.35 bits per heavy atom. The van der Waals surface area contributed by atoms with Gasteiger partial charge >= 0.3 is 0 Å². The number of hydrogen-bond donors (Lipinski definition) is 1. The summed E-state index contributed by atoms with van der Waals surface area (Å²) in [5.41, 5.74) is 1.68. The molecule has 1 atom stereocenters. The molecule has 5 heteroatoms. The summed E-state index contributed by atoms with van der Waals surface area (Å²) in [6.07, 6.45) is 2.06. The van der Waals surface area contributed by atoms with Crippen LogP contribution in [-0.4, -0.2) is 12.1 Å². The van der Waals surface area contributed by atoms with Crippen LogP contribution in [0.2, 0.25) is 0 Å². The molecule has 0 saturated heterocycles. The van der Waals surface area contributed by atoms with Crippen LogP contribution in [0.15, 0.2) is 41.0 Å². The Bertz CT molecular complexity index is 575. The number of aromatic nitrogens is 1. The van der Waals surface area contributed by atoms with Gasteiger partial charge in [0, 0.05) is 4.47 Å². The first-order chi connectivity index (χ1) is 9.63. The van der Waals surface area contributed by atoms with Crippen LogP contribution in [0.25, 0.3) is 0 Å². The lowest BCUT2D eigenvalue weighted by Crippen LogP contribution is -2.12. The summed E-state index contributed by atoms with van der Waals surface area (Å²) >= 11 is 3.44. The van der Waals surface area contributed by atoms with E-state index in [1.54, 1.807) is 13.2 Å². The lowest BCUT2D eigenvalue weighted by Gasteiger charge is -2.19. The van der Waals surface area contributed by atoms with E-state index in [2.05, 4.69) is 26.2 Å². The Balaban J connectivity index is 2.26. The predicted octanol–water partition coefficient (Wildman–Crippen LogP) is 4.56. The Kier molecular flexibility index (Phi) is 4.95. The van der Waals surface area contributed by atoms with Gasteiger partial charge in [-0.2, -0.15) is 0 Å². The smallest absolute Gasteiger partial charge is 0.142 e. The fraction of sp³-hybridized carbons (Fsp3) is 0.267. The van der Waals surface area contributed by atoms with Crippen molar-refractivity contribution < 1.29 is 9.13 Å². The Labute approximate surface area is 126 Å². The molecule has 0 aliphatic rings. The zero-order chi connectivity index (χ0) is 14.5. The summed E-state index contributed by atoms with van der Waals surface area (Å²) in [6, 6.07) is 8.87. The number of benzene rings is 1. The third-order valence-electron chi connectivity index (χ3n) is 3.01. The van der Waals surface area contributed by atoms with E-state index in [-0.39, 0.29) is 11.9 Å². The Morgan fingerprint density at radius 3 is 2.75 bits per heavy atom. The molecule has 1 heterocycles. The SMILES string of the molecule is CCC(Nc1cc(Br)ccc1OC)c1ccc(F)cn1. The van der Waals surface area contributed by atoms with Crippen molar-refractivity contribution in [1.29, 1.82) is 0 Å². The first-order valence-electron chi connectivity index (χ1n) is 6.35. The van der Waals surface area contributed by atoms with Crippen molar-refractivity contribution in [3.8, 4) is 5.75 Å². The fourth-order valence-corrected chi connectivity index (χ4v) is 2.32. The van der Waals surface area contributed by atoms with Crippen molar-refractivity contribution in [3.05, 3.63) is 52.5 Å². The maximum atomic E-state index is 12.9. The van der Waals surface area contributed by atoms with Crippen LogP contribution in [0.4, 0.5) is 10.1 Å². The number of ether oxygens (including phenoxy) is 1. The summed E-state index contributed by atoms with van der Waals surface area (Å²) in [5, 5.41) is 3.38. The highest BCUT2D eigenvalue weighted by Gasteiger charge is 2.13. The molecule has 1 unspecified atom stereocenters. The van der Waals surface area contributed by atoms with Crippen LogP contribution in [-0.2, 0) is 0 Å². The molecule has 2 aromatic rings. The van der Waals surface area contributed by atoms with Crippen molar-refractivity contribution in [2.75, 3.05) is 12.4 Å². The van der Waals surface area contributed by atoms with Gasteiger partial charge in [0.05, 0.1) is 30.7 Å². The molecule has 20 heavy (non-hydrogen) atoms. The quantitative estimate of drug-likeness (QED) is 0.867. The van der Waals surface area contributed by atoms with Crippen LogP contribution in [0.5, 0.6) is 5.75 Å². The molecule has 1 aromatic carbocycles. The highest BCUT2D eigenvalue weighted by atomic mass is 79.9. The Morgan fingerprint density at radius 2 is 2.15 bits per heavy atom. The highest BCUT2D eigenvalue weighted by molar-refractivity contribution is 9.10. The minimum Gasteiger partial charge on any atom is -0.495 e. The minimum atomic E-state index is -0.330. The van der Waals surface area contributed by atoms with Crippen LogP contribution in [0, 0.1) is 5.82 Å². The molecule has 0 spiro atoms. The maximum absolute atomic E-state index is 12.9. The lowest BCUT2D eigenvalue weighted by molar-refractivity contribution is 0.415. The number of rotatable bonds is 5. The van der Waals surface area contributed by atoms with Crippen molar-refractivity contribution in [3.63, 3.8) is 0 Å². The fourth-order valence-electron chi connectivity index (χ4n) is 1.96. The van der Waals surface area contributed by atoms with E-state index in [0.717, 1.165) is 28.0 Å². The second kappa shape index (κ2) is 6.70. The minimum absolute atomic E-state index is 0.00111. The molecule has 0 saturated carbocycles. The first kappa shape index (κ1) is 14.8. The van der Waals surface area contributed by atoms with Gasteiger partial charge in [-0.05, 0) is 36.8 Å². The van der Waals surface area contributed by atoms with E-state index >= 15 is 0 Å². The van der Waals surface area contributed by atoms with E-state index in [1.165, 1.54) is 12.3 Å². The number of nitrogens with one attached hydrogen (secondary N) is 1. The van der Waals surface area contributed by atoms with Gasteiger partial charge in [0.15, 0.2) is 0 Å². The van der Waals surface area contributed by atoms with E-state index in [1.807, 2.05) is 25.1 Å².